The van der Waals surface area contributed by atoms with Crippen LogP contribution in [0.3, 0.4) is 0 Å². The second kappa shape index (κ2) is 6.57. The molecule has 2 saturated heterocycles. The van der Waals surface area contributed by atoms with Crippen LogP contribution in [0.15, 0.2) is 11.4 Å². The number of thioether (sulfide) groups is 1. The van der Waals surface area contributed by atoms with E-state index >= 15 is 0 Å². The second-order valence-corrected chi connectivity index (χ2v) is 8.38. The molecule has 1 N–H and O–H groups in total. The van der Waals surface area contributed by atoms with E-state index in [9.17, 15) is 0 Å². The van der Waals surface area contributed by atoms with E-state index in [2.05, 4.69) is 29.5 Å². The van der Waals surface area contributed by atoms with Crippen molar-refractivity contribution in [2.24, 2.45) is 5.92 Å². The minimum atomic E-state index is 0.146. The molecule has 0 aromatic carbocycles. The fourth-order valence-corrected chi connectivity index (χ4v) is 6.16. The molecule has 2 fully saturated rings. The third-order valence-corrected chi connectivity index (χ3v) is 7.07. The lowest BCUT2D eigenvalue weighted by atomic mass is 9.78. The van der Waals surface area contributed by atoms with E-state index in [-0.39, 0.29) is 5.60 Å². The van der Waals surface area contributed by atoms with Crippen molar-refractivity contribution in [3.05, 3.63) is 21.3 Å². The highest BCUT2D eigenvalue weighted by molar-refractivity contribution is 7.99. The monoisotopic (exact) mass is 331 g/mol. The number of halogens is 1. The Hall–Kier alpha value is 0.260. The Morgan fingerprint density at radius 3 is 2.90 bits per heavy atom. The van der Waals surface area contributed by atoms with Crippen molar-refractivity contribution in [2.75, 3.05) is 25.2 Å². The van der Waals surface area contributed by atoms with Crippen LogP contribution in [0, 0.1) is 5.92 Å². The largest absolute Gasteiger partial charge is 0.375 e. The fraction of sp³-hybridized carbons (Fsp3) is 0.733. The summed E-state index contributed by atoms with van der Waals surface area (Å²) in [7, 11) is 2.06. The molecule has 5 heteroatoms. The van der Waals surface area contributed by atoms with Gasteiger partial charge in [0, 0.05) is 17.5 Å². The second-order valence-electron chi connectivity index (χ2n) is 5.80. The summed E-state index contributed by atoms with van der Waals surface area (Å²) in [5, 5.41) is 6.51. The molecule has 0 amide bonds. The summed E-state index contributed by atoms with van der Waals surface area (Å²) in [5.41, 5.74) is 0.146. The van der Waals surface area contributed by atoms with Gasteiger partial charge in [-0.3, -0.25) is 0 Å². The number of rotatable bonds is 3. The Bertz CT molecular complexity index is 439. The van der Waals surface area contributed by atoms with E-state index in [4.69, 9.17) is 16.3 Å². The number of nitrogens with one attached hydrogen (secondary N) is 1. The number of hydrogen-bond acceptors (Lipinski definition) is 4. The van der Waals surface area contributed by atoms with E-state index in [0.29, 0.717) is 12.0 Å². The zero-order valence-electron chi connectivity index (χ0n) is 11.9. The molecule has 0 bridgehead atoms. The first-order valence-corrected chi connectivity index (χ1v) is 9.77. The molecule has 1 aromatic heterocycles. The predicted molar refractivity (Wildman–Crippen MR) is 89.1 cm³/mol. The molecule has 2 aliphatic heterocycles. The predicted octanol–water partition coefficient (Wildman–Crippen LogP) is 4.35. The van der Waals surface area contributed by atoms with Gasteiger partial charge in [-0.15, -0.1) is 11.3 Å². The Labute approximate surface area is 134 Å². The highest BCUT2D eigenvalue weighted by Gasteiger charge is 2.41. The summed E-state index contributed by atoms with van der Waals surface area (Å²) in [4.78, 5) is 1.29. The highest BCUT2D eigenvalue weighted by atomic mass is 35.5. The van der Waals surface area contributed by atoms with Crippen molar-refractivity contribution in [3.8, 4) is 0 Å². The summed E-state index contributed by atoms with van der Waals surface area (Å²) < 4.78 is 6.21. The van der Waals surface area contributed by atoms with Gasteiger partial charge < -0.3 is 10.1 Å². The van der Waals surface area contributed by atoms with Gasteiger partial charge in [0.25, 0.3) is 0 Å². The SMILES string of the molecule is CNC(c1sccc1Cl)C1CCOC2(CCSCC2)C1. The van der Waals surface area contributed by atoms with Gasteiger partial charge in [-0.2, -0.15) is 11.8 Å². The van der Waals surface area contributed by atoms with Gasteiger partial charge in [-0.05, 0) is 61.6 Å². The van der Waals surface area contributed by atoms with Crippen molar-refractivity contribution >= 4 is 34.7 Å². The molecule has 20 heavy (non-hydrogen) atoms. The Morgan fingerprint density at radius 2 is 2.25 bits per heavy atom. The molecular formula is C15H22ClNOS2. The van der Waals surface area contributed by atoms with Crippen molar-refractivity contribution in [2.45, 2.75) is 37.3 Å². The minimum absolute atomic E-state index is 0.146. The van der Waals surface area contributed by atoms with Crippen LogP contribution in [0.25, 0.3) is 0 Å². The van der Waals surface area contributed by atoms with Gasteiger partial charge in [0.2, 0.25) is 0 Å². The van der Waals surface area contributed by atoms with Gasteiger partial charge >= 0.3 is 0 Å². The summed E-state index contributed by atoms with van der Waals surface area (Å²) in [6, 6.07) is 2.39. The molecule has 0 radical (unpaired) electrons. The lowest BCUT2D eigenvalue weighted by Crippen LogP contribution is -2.45. The van der Waals surface area contributed by atoms with Crippen molar-refractivity contribution in [3.63, 3.8) is 0 Å². The molecule has 3 rings (SSSR count). The molecule has 2 nitrogen and oxygen atoms in total. The third-order valence-electron chi connectivity index (χ3n) is 4.64. The quantitative estimate of drug-likeness (QED) is 0.889. The van der Waals surface area contributed by atoms with Crippen molar-refractivity contribution < 1.29 is 4.74 Å². The number of ether oxygens (including phenoxy) is 1. The van der Waals surface area contributed by atoms with E-state index in [0.717, 1.165) is 18.1 Å². The number of hydrogen-bond donors (Lipinski definition) is 1. The zero-order chi connectivity index (χ0) is 14.0. The minimum Gasteiger partial charge on any atom is -0.375 e. The molecule has 2 atom stereocenters. The first-order valence-electron chi connectivity index (χ1n) is 7.36. The average molecular weight is 332 g/mol. The topological polar surface area (TPSA) is 21.3 Å². The first-order chi connectivity index (χ1) is 9.74. The van der Waals surface area contributed by atoms with Crippen molar-refractivity contribution in [1.29, 1.82) is 0 Å². The Balaban J connectivity index is 1.76. The van der Waals surface area contributed by atoms with Crippen LogP contribution in [-0.2, 0) is 4.74 Å². The standard InChI is InChI=1S/C15H22ClNOS2/c1-17-13(14-12(16)3-7-20-14)11-2-6-18-15(10-11)4-8-19-9-5-15/h3,7,11,13,17H,2,4-6,8-10H2,1H3. The van der Waals surface area contributed by atoms with Crippen LogP contribution >= 0.6 is 34.7 Å². The van der Waals surface area contributed by atoms with Crippen molar-refractivity contribution in [1.82, 2.24) is 5.32 Å². The average Bonchev–Trinajstić information content (AvgIpc) is 2.87. The maximum Gasteiger partial charge on any atom is 0.0701 e. The Kier molecular flexibility index (Phi) is 4.98. The maximum absolute atomic E-state index is 6.35. The normalized spacial score (nSPS) is 27.6. The fourth-order valence-electron chi connectivity index (χ4n) is 3.55. The smallest absolute Gasteiger partial charge is 0.0701 e. The summed E-state index contributed by atoms with van der Waals surface area (Å²) >= 11 is 10.2. The molecule has 2 unspecified atom stereocenters. The molecule has 0 saturated carbocycles. The van der Waals surface area contributed by atoms with Crippen LogP contribution in [0.2, 0.25) is 5.02 Å². The van der Waals surface area contributed by atoms with E-state index in [1.165, 1.54) is 35.6 Å². The molecule has 112 valence electrons. The summed E-state index contributed by atoms with van der Waals surface area (Å²) in [5.74, 6) is 3.13. The third kappa shape index (κ3) is 3.05. The van der Waals surface area contributed by atoms with Crippen LogP contribution in [0.4, 0.5) is 0 Å². The molecule has 1 aromatic rings. The zero-order valence-corrected chi connectivity index (χ0v) is 14.3. The molecule has 1 spiro atoms. The van der Waals surface area contributed by atoms with E-state index in [1.807, 2.05) is 6.07 Å². The molecule has 0 aliphatic carbocycles. The molecule has 3 heterocycles. The first kappa shape index (κ1) is 15.2. The van der Waals surface area contributed by atoms with Crippen LogP contribution in [0.5, 0.6) is 0 Å². The van der Waals surface area contributed by atoms with Crippen LogP contribution in [-0.4, -0.2) is 30.8 Å². The van der Waals surface area contributed by atoms with Gasteiger partial charge in [0.15, 0.2) is 0 Å². The van der Waals surface area contributed by atoms with E-state index in [1.54, 1.807) is 11.3 Å². The maximum atomic E-state index is 6.35. The van der Waals surface area contributed by atoms with Gasteiger partial charge in [-0.1, -0.05) is 11.6 Å². The van der Waals surface area contributed by atoms with Gasteiger partial charge in [0.1, 0.15) is 0 Å². The van der Waals surface area contributed by atoms with Crippen LogP contribution < -0.4 is 5.32 Å². The van der Waals surface area contributed by atoms with Crippen LogP contribution in [0.1, 0.15) is 36.6 Å². The Morgan fingerprint density at radius 1 is 1.45 bits per heavy atom. The van der Waals surface area contributed by atoms with Gasteiger partial charge in [-0.25, -0.2) is 0 Å². The number of thiophene rings is 1. The highest BCUT2D eigenvalue weighted by Crippen LogP contribution is 2.45. The summed E-state index contributed by atoms with van der Waals surface area (Å²) in [6.45, 7) is 0.899. The van der Waals surface area contributed by atoms with Gasteiger partial charge in [0.05, 0.1) is 10.6 Å². The van der Waals surface area contributed by atoms with E-state index < -0.39 is 0 Å². The molecule has 2 aliphatic rings. The lowest BCUT2D eigenvalue weighted by molar-refractivity contribution is -0.107. The summed E-state index contributed by atoms with van der Waals surface area (Å²) in [6.07, 6.45) is 4.73. The lowest BCUT2D eigenvalue weighted by Gasteiger charge is -2.45. The molecular weight excluding hydrogens is 310 g/mol.